The monoisotopic (exact) mass is 672 g/mol. The first-order valence-corrected chi connectivity index (χ1v) is 23.0. The minimum Gasteiger partial charge on any atom is -1.00 e. The molecule has 36 heavy (non-hydrogen) atoms. The van der Waals surface area contributed by atoms with Gasteiger partial charge in [-0.2, -0.15) is 0 Å². The van der Waals surface area contributed by atoms with E-state index in [4.69, 9.17) is 0 Å². The molecule has 0 aromatic heterocycles. The minimum atomic E-state index is -1.26. The van der Waals surface area contributed by atoms with Gasteiger partial charge < -0.3 is 24.8 Å². The predicted octanol–water partition coefficient (Wildman–Crippen LogP) is 2.89. The van der Waals surface area contributed by atoms with Crippen LogP contribution in [-0.4, -0.2) is 0 Å². The van der Waals surface area contributed by atoms with Crippen LogP contribution in [0.3, 0.4) is 0 Å². The fraction of sp³-hybridized carbons (Fsp3) is 0.250. The van der Waals surface area contributed by atoms with Crippen molar-refractivity contribution in [1.29, 1.82) is 0 Å². The summed E-state index contributed by atoms with van der Waals surface area (Å²) < 4.78 is 8.41. The third-order valence-corrected chi connectivity index (χ3v) is 20.0. The normalized spacial score (nSPS) is 9.61. The molecule has 0 saturated heterocycles. The van der Waals surface area contributed by atoms with E-state index in [0.717, 1.165) is 0 Å². The fourth-order valence-corrected chi connectivity index (χ4v) is 15.2. The number of rotatable bonds is 10. The van der Waals surface area contributed by atoms with E-state index < -0.39 is 43.5 Å². The summed E-state index contributed by atoms with van der Waals surface area (Å²) in [6.45, 7) is 4.75. The standard InChI is InChI=1S/4C7H7.2C2H5.2ClH.2Zr/c4*1-7-5-3-2-4-6-7;2*1-2;;;;/h4*2-6H,1H2;2*1H2,2H3;2*1H;;/q;;;;;;;;2*+1/p-2. The Balaban J connectivity index is 0.000000341. The van der Waals surface area contributed by atoms with Crippen molar-refractivity contribution in [3.63, 3.8) is 0 Å². The summed E-state index contributed by atoms with van der Waals surface area (Å²) in [4.78, 5) is 0. The Bertz CT molecular complexity index is 859. The van der Waals surface area contributed by atoms with Crippen molar-refractivity contribution in [2.24, 2.45) is 0 Å². The molecular formula is C32H38Cl2Zr2. The molecule has 0 bridgehead atoms. The third-order valence-electron chi connectivity index (χ3n) is 6.19. The molecule has 0 radical (unpaired) electrons. The van der Waals surface area contributed by atoms with E-state index >= 15 is 0 Å². The Hall–Kier alpha value is -0.774. The van der Waals surface area contributed by atoms with Crippen LogP contribution >= 0.6 is 0 Å². The second-order valence-corrected chi connectivity index (χ2v) is 23.2. The first kappa shape index (κ1) is 33.3. The molecule has 0 nitrogen and oxygen atoms in total. The smallest absolute Gasteiger partial charge is 1.00 e. The van der Waals surface area contributed by atoms with E-state index in [0.29, 0.717) is 0 Å². The molecule has 0 heterocycles. The van der Waals surface area contributed by atoms with Crippen LogP contribution in [0, 0.1) is 0 Å². The molecule has 0 spiro atoms. The van der Waals surface area contributed by atoms with E-state index in [2.05, 4.69) is 135 Å². The van der Waals surface area contributed by atoms with Crippen molar-refractivity contribution in [3.05, 3.63) is 144 Å². The molecule has 0 aliphatic carbocycles. The molecule has 0 amide bonds. The molecule has 0 saturated carbocycles. The van der Waals surface area contributed by atoms with Crippen molar-refractivity contribution in [2.45, 2.75) is 38.6 Å². The van der Waals surface area contributed by atoms with Gasteiger partial charge in [-0.3, -0.25) is 0 Å². The summed E-state index contributed by atoms with van der Waals surface area (Å²) in [6.07, 6.45) is 0. The summed E-state index contributed by atoms with van der Waals surface area (Å²) in [5.41, 5.74) is 6.17. The second kappa shape index (κ2) is 20.2. The zero-order valence-electron chi connectivity index (χ0n) is 21.5. The van der Waals surface area contributed by atoms with Crippen molar-refractivity contribution >= 4 is 0 Å². The van der Waals surface area contributed by atoms with E-state index in [-0.39, 0.29) is 24.8 Å². The number of hydrogen-bond acceptors (Lipinski definition) is 0. The Morgan fingerprint density at radius 1 is 0.361 bits per heavy atom. The van der Waals surface area contributed by atoms with Gasteiger partial charge in [-0.25, -0.2) is 0 Å². The maximum atomic E-state index is 2.38. The largest absolute Gasteiger partial charge is 1.00 e. The maximum Gasteiger partial charge on any atom is -1.00 e. The Labute approximate surface area is 248 Å². The van der Waals surface area contributed by atoms with Gasteiger partial charge in [0.1, 0.15) is 0 Å². The first-order chi connectivity index (χ1) is 16.8. The van der Waals surface area contributed by atoms with Gasteiger partial charge >= 0.3 is 226 Å². The first-order valence-electron chi connectivity index (χ1n) is 12.6. The molecule has 4 heteroatoms. The van der Waals surface area contributed by atoms with Crippen LogP contribution < -0.4 is 24.8 Å². The van der Waals surface area contributed by atoms with Gasteiger partial charge in [-0.05, 0) is 0 Å². The number of hydrogen-bond donors (Lipinski definition) is 0. The van der Waals surface area contributed by atoms with Gasteiger partial charge in [0.2, 0.25) is 0 Å². The van der Waals surface area contributed by atoms with Crippen molar-refractivity contribution in [1.82, 2.24) is 0 Å². The van der Waals surface area contributed by atoms with Crippen LogP contribution in [0.1, 0.15) is 36.1 Å². The zero-order valence-corrected chi connectivity index (χ0v) is 28.0. The Morgan fingerprint density at radius 3 is 0.722 bits per heavy atom. The van der Waals surface area contributed by atoms with E-state index in [1.807, 2.05) is 0 Å². The average molecular weight is 676 g/mol. The van der Waals surface area contributed by atoms with Crippen molar-refractivity contribution < 1.29 is 68.3 Å². The molecular weight excluding hydrogens is 638 g/mol. The van der Waals surface area contributed by atoms with Crippen molar-refractivity contribution in [2.75, 3.05) is 0 Å². The maximum absolute atomic E-state index is 2.38. The van der Waals surface area contributed by atoms with Gasteiger partial charge in [0.15, 0.2) is 0 Å². The third kappa shape index (κ3) is 13.1. The molecule has 0 aliphatic heterocycles. The topological polar surface area (TPSA) is 0 Å². The number of benzene rings is 4. The van der Waals surface area contributed by atoms with Crippen molar-refractivity contribution in [3.8, 4) is 0 Å². The van der Waals surface area contributed by atoms with Crippen LogP contribution in [0.4, 0.5) is 0 Å². The van der Waals surface area contributed by atoms with Crippen LogP contribution in [0.25, 0.3) is 0 Å². The van der Waals surface area contributed by atoms with Gasteiger partial charge in [-0.15, -0.1) is 0 Å². The SMILES string of the molecule is C[CH2][Zr+]([CH2]c1ccccc1)[CH2]c1ccccc1.C[CH2][Zr+]([CH2]c1ccccc1)[CH2]c1ccccc1.[Cl-].[Cl-]. The number of halogens is 2. The zero-order chi connectivity index (χ0) is 23.8. The Morgan fingerprint density at radius 2 is 0.556 bits per heavy atom. The Kier molecular flexibility index (Phi) is 18.7. The molecule has 0 unspecified atom stereocenters. The molecule has 0 atom stereocenters. The van der Waals surface area contributed by atoms with Crippen LogP contribution in [0.5, 0.6) is 0 Å². The van der Waals surface area contributed by atoms with Gasteiger partial charge in [0, 0.05) is 0 Å². The average Bonchev–Trinajstić information content (AvgIpc) is 2.91. The van der Waals surface area contributed by atoms with E-state index in [9.17, 15) is 0 Å². The summed E-state index contributed by atoms with van der Waals surface area (Å²) in [6, 6.07) is 43.9. The minimum absolute atomic E-state index is 0. The second-order valence-electron chi connectivity index (χ2n) is 8.86. The van der Waals surface area contributed by atoms with Gasteiger partial charge in [0.05, 0.1) is 0 Å². The van der Waals surface area contributed by atoms with E-state index in [1.54, 1.807) is 22.3 Å². The van der Waals surface area contributed by atoms with Gasteiger partial charge in [-0.1, -0.05) is 0 Å². The molecule has 4 rings (SSSR count). The van der Waals surface area contributed by atoms with Gasteiger partial charge in [0.25, 0.3) is 0 Å². The summed E-state index contributed by atoms with van der Waals surface area (Å²) in [7, 11) is 0. The van der Waals surface area contributed by atoms with E-state index in [1.165, 1.54) is 24.8 Å². The predicted molar refractivity (Wildman–Crippen MR) is 142 cm³/mol. The summed E-state index contributed by atoms with van der Waals surface area (Å²) >= 11 is -2.51. The fourth-order valence-electron chi connectivity index (χ4n) is 4.16. The van der Waals surface area contributed by atoms with Crippen LogP contribution in [-0.2, 0) is 60.0 Å². The molecule has 0 aliphatic rings. The quantitative estimate of drug-likeness (QED) is 0.243. The molecule has 0 N–H and O–H groups in total. The molecule has 0 fully saturated rings. The van der Waals surface area contributed by atoms with Crippen LogP contribution in [0.2, 0.25) is 8.26 Å². The summed E-state index contributed by atoms with van der Waals surface area (Å²) in [5.74, 6) is 0. The molecule has 4 aromatic rings. The van der Waals surface area contributed by atoms with Crippen LogP contribution in [0.15, 0.2) is 121 Å². The molecule has 188 valence electrons. The molecule has 4 aromatic carbocycles. The summed E-state index contributed by atoms with van der Waals surface area (Å²) in [5, 5.41) is 0.